The minimum atomic E-state index is -1.75. The Morgan fingerprint density at radius 2 is 1.78 bits per heavy atom. The normalized spacial score (nSPS) is 29.3. The number of hydrogen-bond acceptors (Lipinski definition) is 12. The summed E-state index contributed by atoms with van der Waals surface area (Å²) in [6.45, 7) is 0.714. The predicted molar refractivity (Wildman–Crippen MR) is 123 cm³/mol. The lowest BCUT2D eigenvalue weighted by Crippen LogP contribution is -2.59. The van der Waals surface area contributed by atoms with E-state index < -0.39 is 60.9 Å². The van der Waals surface area contributed by atoms with Crippen LogP contribution >= 0.6 is 0 Å². The third-order valence-corrected chi connectivity index (χ3v) is 5.93. The first kappa shape index (κ1) is 26.2. The second kappa shape index (κ2) is 10.2. The summed E-state index contributed by atoms with van der Waals surface area (Å²) in [5.41, 5.74) is 0.399. The fourth-order valence-electron chi connectivity index (χ4n) is 4.02. The molecular weight excluding hydrogens is 496 g/mol. The van der Waals surface area contributed by atoms with Gasteiger partial charge in [0.2, 0.25) is 23.9 Å². The average Bonchev–Trinajstić information content (AvgIpc) is 2.85. The van der Waals surface area contributed by atoms with Gasteiger partial charge in [-0.15, -0.1) is 0 Å². The minimum absolute atomic E-state index is 0.0362. The van der Waals surface area contributed by atoms with Gasteiger partial charge in [-0.25, -0.2) is 0 Å². The zero-order chi connectivity index (χ0) is 27.0. The van der Waals surface area contributed by atoms with E-state index in [4.69, 9.17) is 18.9 Å². The van der Waals surface area contributed by atoms with E-state index in [0.717, 1.165) is 13.0 Å². The molecule has 1 aromatic rings. The number of ether oxygens (including phenoxy) is 5. The molecule has 8 N–H and O–H groups in total. The van der Waals surface area contributed by atoms with Crippen molar-refractivity contribution in [3.8, 4) is 17.2 Å². The van der Waals surface area contributed by atoms with Crippen LogP contribution in [-0.4, -0.2) is 97.0 Å². The minimum Gasteiger partial charge on any atom is -0.571 e. The van der Waals surface area contributed by atoms with Gasteiger partial charge in [-0.2, -0.15) is 0 Å². The van der Waals surface area contributed by atoms with E-state index in [0.29, 0.717) is 0 Å². The first-order valence-electron chi connectivity index (χ1n) is 11.1. The molecule has 2 heterocycles. The molecule has 1 aliphatic carbocycles. The molecular formula is C24H27O13+. The number of aromatic hydroxyl groups is 2. The van der Waals surface area contributed by atoms with E-state index in [1.54, 1.807) is 0 Å². The number of carbonyl (C=O) groups is 1. The number of phenols is 2. The van der Waals surface area contributed by atoms with Crippen LogP contribution in [0.4, 0.5) is 0 Å². The molecule has 3 aliphatic rings. The number of phenolic OH excluding ortho intramolecular Hbond substituents is 2. The van der Waals surface area contributed by atoms with Crippen LogP contribution in [0.3, 0.4) is 0 Å². The van der Waals surface area contributed by atoms with Gasteiger partial charge in [-0.1, -0.05) is 0 Å². The molecule has 6 atom stereocenters. The lowest BCUT2D eigenvalue weighted by atomic mass is 9.96. The van der Waals surface area contributed by atoms with Crippen molar-refractivity contribution in [3.05, 3.63) is 58.8 Å². The van der Waals surface area contributed by atoms with E-state index in [2.05, 4.69) is 4.74 Å². The summed E-state index contributed by atoms with van der Waals surface area (Å²) in [7, 11) is 1.27. The summed E-state index contributed by atoms with van der Waals surface area (Å²) in [6, 6.07) is 2.51. The summed E-state index contributed by atoms with van der Waals surface area (Å²) < 4.78 is 25.9. The predicted octanol–water partition coefficient (Wildman–Crippen LogP) is -0.104. The van der Waals surface area contributed by atoms with Gasteiger partial charge in [0.15, 0.2) is 11.5 Å². The molecule has 1 aromatic carbocycles. The third-order valence-electron chi connectivity index (χ3n) is 5.93. The van der Waals surface area contributed by atoms with Gasteiger partial charge in [-0.3, -0.25) is 4.79 Å². The van der Waals surface area contributed by atoms with Crippen LogP contribution in [0.5, 0.6) is 17.2 Å². The maximum atomic E-state index is 11.2. The van der Waals surface area contributed by atoms with E-state index in [1.807, 2.05) is 0 Å². The van der Waals surface area contributed by atoms with Gasteiger partial charge in [0.05, 0.1) is 24.3 Å². The number of hydrogen-bond donors (Lipinski definition) is 7. The van der Waals surface area contributed by atoms with Gasteiger partial charge in [-0.05, 0) is 0 Å². The van der Waals surface area contributed by atoms with E-state index in [1.165, 1.54) is 31.4 Å². The molecule has 200 valence electrons. The number of esters is 1. The maximum Gasteiger partial charge on any atom is 0.305 e. The van der Waals surface area contributed by atoms with Gasteiger partial charge in [0.25, 0.3) is 0 Å². The highest BCUT2D eigenvalue weighted by atomic mass is 16.7. The highest BCUT2D eigenvalue weighted by Gasteiger charge is 2.47. The van der Waals surface area contributed by atoms with Crippen molar-refractivity contribution in [2.45, 2.75) is 43.7 Å². The van der Waals surface area contributed by atoms with Crippen LogP contribution in [0.1, 0.15) is 12.5 Å². The van der Waals surface area contributed by atoms with Crippen LogP contribution in [0.15, 0.2) is 53.2 Å². The largest absolute Gasteiger partial charge is 0.571 e. The van der Waals surface area contributed by atoms with Crippen LogP contribution in [0.25, 0.3) is 5.76 Å². The molecule has 13 heteroatoms. The maximum absolute atomic E-state index is 11.2. The number of rotatable bonds is 6. The molecule has 37 heavy (non-hydrogen) atoms. The van der Waals surface area contributed by atoms with Gasteiger partial charge < -0.3 is 59.4 Å². The SMILES string of the molecule is COc1cc(C2=C(OC3OC(COC(C)=O)C(O)C(O)C3O)C=C3C(O)=CC(O)=CC3[OH+]2)cc(O)c1O. The Balaban J connectivity index is 1.76. The topological polar surface area (TPSA) is 208 Å². The number of aliphatic hydroxyl groups excluding tert-OH is 5. The summed E-state index contributed by atoms with van der Waals surface area (Å²) >= 11 is 0. The lowest BCUT2D eigenvalue weighted by molar-refractivity contribution is -0.291. The van der Waals surface area contributed by atoms with E-state index >= 15 is 0 Å². The fourth-order valence-corrected chi connectivity index (χ4v) is 4.02. The van der Waals surface area contributed by atoms with Crippen LogP contribution < -0.4 is 4.74 Å². The number of carbonyl (C=O) groups excluding carboxylic acids is 1. The van der Waals surface area contributed by atoms with Crippen LogP contribution in [0.2, 0.25) is 0 Å². The Labute approximate surface area is 210 Å². The Hall–Kier alpha value is -3.91. The molecule has 4 rings (SSSR count). The molecule has 0 spiro atoms. The Morgan fingerprint density at radius 3 is 2.46 bits per heavy atom. The highest BCUT2D eigenvalue weighted by Crippen LogP contribution is 2.42. The average molecular weight is 523 g/mol. The van der Waals surface area contributed by atoms with Gasteiger partial charge in [0.1, 0.15) is 42.5 Å². The molecule has 2 aliphatic heterocycles. The standard InChI is InChI=1S/C24H26O13/c1-9(25)34-8-18-20(30)21(31)22(32)24(37-18)36-17-7-12-13(27)5-11(26)6-15(12)35-23(17)10-3-14(28)19(29)16(4-10)33-2/h3-7,15,18,20-22,24,26-32H,8H2,1-2H3/p+1. The molecule has 0 radical (unpaired) electrons. The van der Waals surface area contributed by atoms with Crippen molar-refractivity contribution < 1.29 is 64.2 Å². The summed E-state index contributed by atoms with van der Waals surface area (Å²) in [5, 5.41) is 71.6. The van der Waals surface area contributed by atoms with Crippen LogP contribution in [-0.2, 0) is 19.0 Å². The van der Waals surface area contributed by atoms with Crippen molar-refractivity contribution in [2.24, 2.45) is 0 Å². The molecule has 0 saturated carbocycles. The smallest absolute Gasteiger partial charge is 0.305 e. The van der Waals surface area contributed by atoms with Crippen molar-refractivity contribution >= 4 is 11.7 Å². The molecule has 13 nitrogen and oxygen atoms in total. The van der Waals surface area contributed by atoms with Crippen LogP contribution in [0, 0.1) is 0 Å². The number of allylic oxidation sites excluding steroid dienone is 2. The second-order valence-electron chi connectivity index (χ2n) is 8.49. The Bertz CT molecular complexity index is 1200. The third kappa shape index (κ3) is 5.15. The van der Waals surface area contributed by atoms with Gasteiger partial charge >= 0.3 is 11.7 Å². The molecule has 1 saturated heterocycles. The van der Waals surface area contributed by atoms with E-state index in [-0.39, 0.29) is 39.9 Å². The summed E-state index contributed by atoms with van der Waals surface area (Å²) in [4.78, 5) is 11.2. The quantitative estimate of drug-likeness (QED) is 0.148. The van der Waals surface area contributed by atoms with Crippen molar-refractivity contribution in [1.29, 1.82) is 0 Å². The zero-order valence-electron chi connectivity index (χ0n) is 19.7. The summed E-state index contributed by atoms with van der Waals surface area (Å²) in [5.74, 6) is -2.43. The number of fused-ring (bicyclic) bond motifs is 1. The second-order valence-corrected chi connectivity index (χ2v) is 8.49. The zero-order valence-corrected chi connectivity index (χ0v) is 19.7. The van der Waals surface area contributed by atoms with Crippen molar-refractivity contribution in [1.82, 2.24) is 0 Å². The van der Waals surface area contributed by atoms with Crippen molar-refractivity contribution in [2.75, 3.05) is 13.7 Å². The Morgan fingerprint density at radius 1 is 1.05 bits per heavy atom. The Kier molecular flexibility index (Phi) is 7.23. The molecule has 1 fully saturated rings. The summed E-state index contributed by atoms with van der Waals surface area (Å²) in [6.07, 6.45) is -5.00. The fraction of sp³-hybridized carbons (Fsp3) is 0.375. The molecule has 0 bridgehead atoms. The molecule has 0 amide bonds. The monoisotopic (exact) mass is 523 g/mol. The first-order valence-corrected chi connectivity index (χ1v) is 11.1. The number of methoxy groups -OCH3 is 1. The highest BCUT2D eigenvalue weighted by molar-refractivity contribution is 5.71. The molecule has 0 aromatic heterocycles. The van der Waals surface area contributed by atoms with Gasteiger partial charge in [0, 0.05) is 31.2 Å². The lowest BCUT2D eigenvalue weighted by Gasteiger charge is -2.40. The van der Waals surface area contributed by atoms with Crippen molar-refractivity contribution in [3.63, 3.8) is 0 Å². The van der Waals surface area contributed by atoms with E-state index in [9.17, 15) is 40.5 Å². The number of benzene rings is 1. The first-order chi connectivity index (χ1) is 17.5. The number of aliphatic hydroxyl groups is 7. The molecule has 6 unspecified atom stereocenters.